The molecule has 2 amide bonds. The highest BCUT2D eigenvalue weighted by atomic mass is 32.1. The predicted octanol–water partition coefficient (Wildman–Crippen LogP) is 3.98. The smallest absolute Gasteiger partial charge is 0.257 e. The van der Waals surface area contributed by atoms with Crippen LogP contribution >= 0.6 is 11.3 Å². The standard InChI is InChI=1S/C24H25N3O5S/c1-30-18-8-5-16(6-9-18)19-14-33-24(26-19)27-23(29)17-7-10-20(21(11-17)31-2)32-13-22(28)25-12-15-3-4-15/h5-11,14-15H,3-4,12-13H2,1-2H3,(H,25,28)(H,26,27,29). The summed E-state index contributed by atoms with van der Waals surface area (Å²) in [5.41, 5.74) is 2.08. The van der Waals surface area contributed by atoms with E-state index in [4.69, 9.17) is 14.2 Å². The van der Waals surface area contributed by atoms with Gasteiger partial charge in [0.1, 0.15) is 5.75 Å². The Morgan fingerprint density at radius 2 is 1.85 bits per heavy atom. The first kappa shape index (κ1) is 22.6. The molecule has 2 N–H and O–H groups in total. The first-order chi connectivity index (χ1) is 16.1. The third-order valence-electron chi connectivity index (χ3n) is 5.18. The second kappa shape index (κ2) is 10.4. The number of anilines is 1. The van der Waals surface area contributed by atoms with Crippen LogP contribution in [0.2, 0.25) is 0 Å². The summed E-state index contributed by atoms with van der Waals surface area (Å²) in [7, 11) is 3.10. The molecule has 0 bridgehead atoms. The molecule has 0 unspecified atom stereocenters. The van der Waals surface area contributed by atoms with Crippen LogP contribution in [-0.2, 0) is 4.79 Å². The molecule has 4 rings (SSSR count). The summed E-state index contributed by atoms with van der Waals surface area (Å²) >= 11 is 1.34. The molecule has 0 radical (unpaired) electrons. The molecule has 9 heteroatoms. The van der Waals surface area contributed by atoms with Crippen LogP contribution in [0.1, 0.15) is 23.2 Å². The largest absolute Gasteiger partial charge is 0.497 e. The number of nitrogens with zero attached hydrogens (tertiary/aromatic N) is 1. The fraction of sp³-hybridized carbons (Fsp3) is 0.292. The molecule has 8 nitrogen and oxygen atoms in total. The summed E-state index contributed by atoms with van der Waals surface area (Å²) in [5, 5.41) is 8.02. The van der Waals surface area contributed by atoms with Crippen molar-refractivity contribution in [2.75, 3.05) is 32.7 Å². The predicted molar refractivity (Wildman–Crippen MR) is 126 cm³/mol. The topological polar surface area (TPSA) is 98.8 Å². The molecule has 1 heterocycles. The molecule has 1 aliphatic rings. The van der Waals surface area contributed by atoms with Gasteiger partial charge in [-0.25, -0.2) is 4.98 Å². The molecule has 0 aliphatic heterocycles. The molecule has 33 heavy (non-hydrogen) atoms. The molecule has 0 saturated heterocycles. The van der Waals surface area contributed by atoms with E-state index < -0.39 is 0 Å². The van der Waals surface area contributed by atoms with Crippen LogP contribution in [-0.4, -0.2) is 44.2 Å². The number of ether oxygens (including phenoxy) is 3. The van der Waals surface area contributed by atoms with Crippen LogP contribution in [0.25, 0.3) is 11.3 Å². The van der Waals surface area contributed by atoms with Crippen LogP contribution in [0.4, 0.5) is 5.13 Å². The van der Waals surface area contributed by atoms with Gasteiger partial charge in [-0.05, 0) is 61.2 Å². The minimum Gasteiger partial charge on any atom is -0.497 e. The molecule has 0 atom stereocenters. The van der Waals surface area contributed by atoms with Crippen LogP contribution < -0.4 is 24.8 Å². The molecule has 0 spiro atoms. The molecule has 1 fully saturated rings. The van der Waals surface area contributed by atoms with E-state index >= 15 is 0 Å². The van der Waals surface area contributed by atoms with E-state index in [2.05, 4.69) is 15.6 Å². The van der Waals surface area contributed by atoms with Crippen molar-refractivity contribution in [3.05, 3.63) is 53.4 Å². The zero-order valence-electron chi connectivity index (χ0n) is 18.4. The summed E-state index contributed by atoms with van der Waals surface area (Å²) in [6, 6.07) is 12.4. The van der Waals surface area contributed by atoms with Crippen LogP contribution in [0.5, 0.6) is 17.2 Å². The lowest BCUT2D eigenvalue weighted by molar-refractivity contribution is -0.123. The highest BCUT2D eigenvalue weighted by Gasteiger charge is 2.21. The maximum atomic E-state index is 12.7. The fourth-order valence-corrected chi connectivity index (χ4v) is 3.81. The number of hydrogen-bond donors (Lipinski definition) is 2. The number of benzene rings is 2. The van der Waals surface area contributed by atoms with E-state index in [1.54, 1.807) is 25.3 Å². The lowest BCUT2D eigenvalue weighted by Gasteiger charge is -2.12. The van der Waals surface area contributed by atoms with Crippen molar-refractivity contribution < 1.29 is 23.8 Å². The highest BCUT2D eigenvalue weighted by molar-refractivity contribution is 7.14. The molecule has 2 aromatic carbocycles. The highest BCUT2D eigenvalue weighted by Crippen LogP contribution is 2.30. The Bertz CT molecular complexity index is 1130. The SMILES string of the molecule is COc1ccc(-c2csc(NC(=O)c3ccc(OCC(=O)NCC4CC4)c(OC)c3)n2)cc1. The minimum absolute atomic E-state index is 0.109. The number of nitrogens with one attached hydrogen (secondary N) is 2. The minimum atomic E-state index is -0.322. The van der Waals surface area contributed by atoms with Gasteiger partial charge in [0.2, 0.25) is 0 Å². The van der Waals surface area contributed by atoms with Gasteiger partial charge in [-0.1, -0.05) is 0 Å². The number of carbonyl (C=O) groups is 2. The van der Waals surface area contributed by atoms with Crippen LogP contribution in [0.15, 0.2) is 47.8 Å². The fourth-order valence-electron chi connectivity index (χ4n) is 3.10. The monoisotopic (exact) mass is 467 g/mol. The van der Waals surface area contributed by atoms with Gasteiger partial charge >= 0.3 is 0 Å². The Hall–Kier alpha value is -3.59. The Morgan fingerprint density at radius 1 is 1.06 bits per heavy atom. The average molecular weight is 468 g/mol. The van der Waals surface area contributed by atoms with Gasteiger partial charge in [-0.3, -0.25) is 14.9 Å². The third kappa shape index (κ3) is 6.01. The number of amides is 2. The van der Waals surface area contributed by atoms with Gasteiger partial charge in [0, 0.05) is 23.1 Å². The van der Waals surface area contributed by atoms with Crippen molar-refractivity contribution in [2.24, 2.45) is 5.92 Å². The van der Waals surface area contributed by atoms with Crippen molar-refractivity contribution >= 4 is 28.3 Å². The van der Waals surface area contributed by atoms with Crippen molar-refractivity contribution in [3.8, 4) is 28.5 Å². The summed E-state index contributed by atoms with van der Waals surface area (Å²) in [4.78, 5) is 29.1. The van der Waals surface area contributed by atoms with E-state index in [1.807, 2.05) is 29.6 Å². The van der Waals surface area contributed by atoms with Gasteiger partial charge in [0.25, 0.3) is 11.8 Å². The van der Waals surface area contributed by atoms with Crippen molar-refractivity contribution in [1.29, 1.82) is 0 Å². The number of hydrogen-bond acceptors (Lipinski definition) is 7. The normalized spacial score (nSPS) is 12.7. The molecular formula is C24H25N3O5S. The van der Waals surface area contributed by atoms with Gasteiger partial charge < -0.3 is 19.5 Å². The number of rotatable bonds is 10. The third-order valence-corrected chi connectivity index (χ3v) is 5.94. The number of aromatic nitrogens is 1. The molecule has 1 aliphatic carbocycles. The second-order valence-corrected chi connectivity index (χ2v) is 8.48. The van der Waals surface area contributed by atoms with E-state index in [0.29, 0.717) is 34.7 Å². The summed E-state index contributed by atoms with van der Waals surface area (Å²) in [5.74, 6) is 1.64. The quantitative estimate of drug-likeness (QED) is 0.468. The van der Waals surface area contributed by atoms with Gasteiger partial charge in [0.05, 0.1) is 19.9 Å². The number of thiazole rings is 1. The Labute approximate surface area is 195 Å². The molecule has 172 valence electrons. The maximum absolute atomic E-state index is 12.7. The zero-order valence-corrected chi connectivity index (χ0v) is 19.2. The molecule has 3 aromatic rings. The lowest BCUT2D eigenvalue weighted by Crippen LogP contribution is -2.30. The molecule has 1 aromatic heterocycles. The number of carbonyl (C=O) groups excluding carboxylic acids is 2. The Balaban J connectivity index is 1.36. The zero-order chi connectivity index (χ0) is 23.2. The average Bonchev–Trinajstić information content (AvgIpc) is 3.57. The van der Waals surface area contributed by atoms with Crippen molar-refractivity contribution in [3.63, 3.8) is 0 Å². The van der Waals surface area contributed by atoms with Crippen molar-refractivity contribution in [2.45, 2.75) is 12.8 Å². The van der Waals surface area contributed by atoms with Crippen molar-refractivity contribution in [1.82, 2.24) is 10.3 Å². The van der Waals surface area contributed by atoms with Gasteiger partial charge in [0.15, 0.2) is 23.2 Å². The van der Waals surface area contributed by atoms with Crippen LogP contribution in [0.3, 0.4) is 0 Å². The van der Waals surface area contributed by atoms with E-state index in [1.165, 1.54) is 31.3 Å². The first-order valence-corrected chi connectivity index (χ1v) is 11.4. The van der Waals surface area contributed by atoms with E-state index in [-0.39, 0.29) is 18.4 Å². The summed E-state index contributed by atoms with van der Waals surface area (Å²) in [6.07, 6.45) is 2.34. The summed E-state index contributed by atoms with van der Waals surface area (Å²) in [6.45, 7) is 0.581. The summed E-state index contributed by atoms with van der Waals surface area (Å²) < 4.78 is 16.1. The molecular weight excluding hydrogens is 442 g/mol. The second-order valence-electron chi connectivity index (χ2n) is 7.62. The van der Waals surface area contributed by atoms with Crippen LogP contribution in [0, 0.1) is 5.92 Å². The molecule has 1 saturated carbocycles. The Morgan fingerprint density at radius 3 is 2.55 bits per heavy atom. The first-order valence-electron chi connectivity index (χ1n) is 10.5. The van der Waals surface area contributed by atoms with E-state index in [9.17, 15) is 9.59 Å². The lowest BCUT2D eigenvalue weighted by atomic mass is 10.2. The van der Waals surface area contributed by atoms with Gasteiger partial charge in [-0.15, -0.1) is 11.3 Å². The number of methoxy groups -OCH3 is 2. The van der Waals surface area contributed by atoms with E-state index in [0.717, 1.165) is 17.0 Å². The van der Waals surface area contributed by atoms with Gasteiger partial charge in [-0.2, -0.15) is 0 Å². The maximum Gasteiger partial charge on any atom is 0.257 e. The Kier molecular flexibility index (Phi) is 7.09.